The predicted octanol–water partition coefficient (Wildman–Crippen LogP) is -0.923. The zero-order valence-electron chi connectivity index (χ0n) is 12.7. The standard InChI is InChI=1S/C13H23N3O5S/c1-7(6-22)15-13(21)10(5-11(18)19)16-12(20)9(14)4-3-8(2)17/h7,9-10,22H,3-6,14H2,1-2H3,(H,15,21)(H,16,20)(H,18,19)/t7-,9+,10+/m1/s1. The van der Waals surface area contributed by atoms with Gasteiger partial charge in [-0.1, -0.05) is 0 Å². The van der Waals surface area contributed by atoms with Gasteiger partial charge in [0.15, 0.2) is 0 Å². The van der Waals surface area contributed by atoms with Crippen molar-refractivity contribution >= 4 is 36.2 Å². The van der Waals surface area contributed by atoms with Crippen LogP contribution in [0.15, 0.2) is 0 Å². The number of carboxylic acid groups (broad SMARTS) is 1. The van der Waals surface area contributed by atoms with E-state index in [1.807, 2.05) is 0 Å². The first-order valence-electron chi connectivity index (χ1n) is 6.85. The number of nitrogens with two attached hydrogens (primary N) is 1. The fourth-order valence-corrected chi connectivity index (χ4v) is 1.63. The minimum Gasteiger partial charge on any atom is -0.481 e. The average molecular weight is 333 g/mol. The molecular weight excluding hydrogens is 310 g/mol. The molecule has 0 radical (unpaired) electrons. The molecule has 5 N–H and O–H groups in total. The lowest BCUT2D eigenvalue weighted by atomic mass is 10.1. The van der Waals surface area contributed by atoms with Crippen molar-refractivity contribution in [3.05, 3.63) is 0 Å². The quantitative estimate of drug-likeness (QED) is 0.328. The molecule has 126 valence electrons. The number of nitrogens with one attached hydrogen (secondary N) is 2. The van der Waals surface area contributed by atoms with Crippen LogP contribution in [0.4, 0.5) is 0 Å². The molecule has 9 heteroatoms. The Morgan fingerprint density at radius 1 is 1.18 bits per heavy atom. The van der Waals surface area contributed by atoms with Crippen molar-refractivity contribution in [1.82, 2.24) is 10.6 Å². The van der Waals surface area contributed by atoms with Gasteiger partial charge in [0.1, 0.15) is 11.8 Å². The van der Waals surface area contributed by atoms with E-state index in [0.717, 1.165) is 0 Å². The molecule has 0 saturated carbocycles. The number of carbonyl (C=O) groups is 4. The van der Waals surface area contributed by atoms with Crippen molar-refractivity contribution in [2.75, 3.05) is 5.75 Å². The lowest BCUT2D eigenvalue weighted by Gasteiger charge is -2.21. The van der Waals surface area contributed by atoms with Gasteiger partial charge in [0.05, 0.1) is 12.5 Å². The third kappa shape index (κ3) is 8.63. The minimum absolute atomic E-state index is 0.106. The highest BCUT2D eigenvalue weighted by atomic mass is 32.1. The molecule has 0 saturated heterocycles. The minimum atomic E-state index is -1.23. The van der Waals surface area contributed by atoms with Crippen LogP contribution in [0.3, 0.4) is 0 Å². The third-order valence-corrected chi connectivity index (χ3v) is 3.37. The number of ketones is 1. The van der Waals surface area contributed by atoms with Crippen LogP contribution in [0.25, 0.3) is 0 Å². The lowest BCUT2D eigenvalue weighted by Crippen LogP contribution is -2.53. The summed E-state index contributed by atoms with van der Waals surface area (Å²) in [7, 11) is 0. The molecule has 0 fully saturated rings. The highest BCUT2D eigenvalue weighted by Gasteiger charge is 2.26. The zero-order chi connectivity index (χ0) is 17.3. The number of carboxylic acids is 1. The molecule has 3 atom stereocenters. The van der Waals surface area contributed by atoms with E-state index in [9.17, 15) is 19.2 Å². The Morgan fingerprint density at radius 2 is 1.77 bits per heavy atom. The van der Waals surface area contributed by atoms with Crippen molar-refractivity contribution in [3.8, 4) is 0 Å². The van der Waals surface area contributed by atoms with E-state index < -0.39 is 36.3 Å². The monoisotopic (exact) mass is 333 g/mol. The Labute approximate surface area is 134 Å². The summed E-state index contributed by atoms with van der Waals surface area (Å²) in [6.45, 7) is 3.08. The van der Waals surface area contributed by atoms with Crippen molar-refractivity contribution < 1.29 is 24.3 Å². The Kier molecular flexibility index (Phi) is 9.43. The summed E-state index contributed by atoms with van der Waals surface area (Å²) >= 11 is 4.01. The topological polar surface area (TPSA) is 139 Å². The molecule has 0 aliphatic rings. The van der Waals surface area contributed by atoms with Gasteiger partial charge < -0.3 is 26.3 Å². The van der Waals surface area contributed by atoms with Gasteiger partial charge in [-0.15, -0.1) is 0 Å². The molecule has 8 nitrogen and oxygen atoms in total. The van der Waals surface area contributed by atoms with Gasteiger partial charge in [-0.25, -0.2) is 0 Å². The van der Waals surface area contributed by atoms with Crippen LogP contribution in [0.5, 0.6) is 0 Å². The van der Waals surface area contributed by atoms with E-state index in [4.69, 9.17) is 10.8 Å². The Balaban J connectivity index is 4.69. The summed E-state index contributed by atoms with van der Waals surface area (Å²) in [6.07, 6.45) is -0.285. The Bertz CT molecular complexity index is 430. The van der Waals surface area contributed by atoms with E-state index in [-0.39, 0.29) is 24.7 Å². The van der Waals surface area contributed by atoms with Crippen LogP contribution in [0, 0.1) is 0 Å². The summed E-state index contributed by atoms with van der Waals surface area (Å²) < 4.78 is 0. The largest absolute Gasteiger partial charge is 0.481 e. The maximum Gasteiger partial charge on any atom is 0.305 e. The fraction of sp³-hybridized carbons (Fsp3) is 0.692. The van der Waals surface area contributed by atoms with Crippen LogP contribution in [-0.4, -0.2) is 52.6 Å². The summed E-state index contributed by atoms with van der Waals surface area (Å²) in [4.78, 5) is 45.5. The van der Waals surface area contributed by atoms with Crippen LogP contribution < -0.4 is 16.4 Å². The summed E-state index contributed by atoms with van der Waals surface area (Å²) in [5.41, 5.74) is 5.62. The molecule has 0 bridgehead atoms. The highest BCUT2D eigenvalue weighted by molar-refractivity contribution is 7.80. The SMILES string of the molecule is CC(=O)CC[C@H](N)C(=O)N[C@@H](CC(=O)O)C(=O)N[C@H](C)CS. The molecule has 22 heavy (non-hydrogen) atoms. The lowest BCUT2D eigenvalue weighted by molar-refractivity contribution is -0.140. The predicted molar refractivity (Wildman–Crippen MR) is 83.5 cm³/mol. The van der Waals surface area contributed by atoms with E-state index >= 15 is 0 Å². The molecule has 2 amide bonds. The normalized spacial score (nSPS) is 14.5. The number of aliphatic carboxylic acids is 1. The number of Topliss-reactive ketones (excluding diaryl/α,β-unsaturated/α-hetero) is 1. The molecule has 0 heterocycles. The van der Waals surface area contributed by atoms with Crippen LogP contribution in [-0.2, 0) is 19.2 Å². The number of hydrogen-bond donors (Lipinski definition) is 5. The molecule has 0 rings (SSSR count). The average Bonchev–Trinajstić information content (AvgIpc) is 2.42. The van der Waals surface area contributed by atoms with Crippen molar-refractivity contribution in [2.45, 2.75) is 51.2 Å². The van der Waals surface area contributed by atoms with E-state index in [1.165, 1.54) is 6.92 Å². The number of thiol groups is 1. The van der Waals surface area contributed by atoms with Gasteiger partial charge in [0, 0.05) is 18.2 Å². The van der Waals surface area contributed by atoms with Crippen LogP contribution in [0.1, 0.15) is 33.1 Å². The molecule has 0 aliphatic carbocycles. The number of hydrogen-bond acceptors (Lipinski definition) is 6. The third-order valence-electron chi connectivity index (χ3n) is 2.82. The first-order chi connectivity index (χ1) is 10.2. The molecule has 0 unspecified atom stereocenters. The second-order valence-corrected chi connectivity index (χ2v) is 5.46. The second-order valence-electron chi connectivity index (χ2n) is 5.10. The molecule has 0 aromatic rings. The first-order valence-corrected chi connectivity index (χ1v) is 7.49. The highest BCUT2D eigenvalue weighted by Crippen LogP contribution is 2.00. The first kappa shape index (κ1) is 20.4. The maximum absolute atomic E-state index is 12.0. The summed E-state index contributed by atoms with van der Waals surface area (Å²) in [5, 5.41) is 13.7. The Hall–Kier alpha value is -1.61. The number of rotatable bonds is 10. The maximum atomic E-state index is 12.0. The van der Waals surface area contributed by atoms with Crippen molar-refractivity contribution in [3.63, 3.8) is 0 Å². The van der Waals surface area contributed by atoms with E-state index in [0.29, 0.717) is 5.75 Å². The van der Waals surface area contributed by atoms with Crippen molar-refractivity contribution in [2.24, 2.45) is 5.73 Å². The van der Waals surface area contributed by atoms with Gasteiger partial charge in [-0.2, -0.15) is 12.6 Å². The zero-order valence-corrected chi connectivity index (χ0v) is 13.6. The fourth-order valence-electron chi connectivity index (χ4n) is 1.54. The summed E-state index contributed by atoms with van der Waals surface area (Å²) in [5.74, 6) is -2.24. The van der Waals surface area contributed by atoms with Crippen LogP contribution in [0.2, 0.25) is 0 Å². The second kappa shape index (κ2) is 10.2. The molecule has 0 spiro atoms. The van der Waals surface area contributed by atoms with Gasteiger partial charge in [-0.3, -0.25) is 14.4 Å². The molecule has 0 aliphatic heterocycles. The van der Waals surface area contributed by atoms with Gasteiger partial charge in [0.25, 0.3) is 0 Å². The van der Waals surface area contributed by atoms with Gasteiger partial charge in [-0.05, 0) is 20.3 Å². The van der Waals surface area contributed by atoms with Crippen LogP contribution >= 0.6 is 12.6 Å². The van der Waals surface area contributed by atoms with E-state index in [2.05, 4.69) is 23.3 Å². The summed E-state index contributed by atoms with van der Waals surface area (Å²) in [6, 6.07) is -2.47. The van der Waals surface area contributed by atoms with Gasteiger partial charge >= 0.3 is 5.97 Å². The number of carbonyl (C=O) groups excluding carboxylic acids is 3. The molecule has 0 aromatic carbocycles. The Morgan fingerprint density at radius 3 is 2.23 bits per heavy atom. The van der Waals surface area contributed by atoms with Gasteiger partial charge in [0.2, 0.25) is 11.8 Å². The van der Waals surface area contributed by atoms with E-state index in [1.54, 1.807) is 6.92 Å². The molecular formula is C13H23N3O5S. The molecule has 0 aromatic heterocycles. The number of amides is 2. The van der Waals surface area contributed by atoms with Crippen molar-refractivity contribution in [1.29, 1.82) is 0 Å². The smallest absolute Gasteiger partial charge is 0.305 e.